The molecule has 0 saturated heterocycles. The molecule has 0 radical (unpaired) electrons. The zero-order chi connectivity index (χ0) is 13.2. The molecule has 0 spiro atoms. The summed E-state index contributed by atoms with van der Waals surface area (Å²) in [5.74, 6) is 0. The number of hydrogen-bond acceptors (Lipinski definition) is 1. The van der Waals surface area contributed by atoms with Crippen molar-refractivity contribution in [3.63, 3.8) is 0 Å². The second kappa shape index (κ2) is 5.19. The summed E-state index contributed by atoms with van der Waals surface area (Å²) in [4.78, 5) is 0. The topological polar surface area (TPSA) is 3.24 Å². The molecule has 0 saturated carbocycles. The molecule has 0 aromatic rings. The smallest absolute Gasteiger partial charge is 0.127 e. The Kier molecular flexibility index (Phi) is 5.23. The quantitative estimate of drug-likeness (QED) is 0.664. The Morgan fingerprint density at radius 3 is 1.81 bits per heavy atom. The normalized spacial score (nSPS) is 14.3. The minimum absolute atomic E-state index is 0.439. The maximum absolute atomic E-state index is 4.01. The van der Waals surface area contributed by atoms with Crippen LogP contribution in [-0.4, -0.2) is 33.6 Å². The van der Waals surface area contributed by atoms with Gasteiger partial charge in [-0.15, -0.1) is 12.3 Å². The van der Waals surface area contributed by atoms with Crippen LogP contribution in [0, 0.1) is 0 Å². The summed E-state index contributed by atoms with van der Waals surface area (Å²) in [7, 11) is -2.57. The van der Waals surface area contributed by atoms with Crippen molar-refractivity contribution in [2.24, 2.45) is 0 Å². The molecule has 1 nitrogen and oxygen atoms in total. The van der Waals surface area contributed by atoms with Crippen molar-refractivity contribution in [1.82, 2.24) is 4.57 Å². The summed E-state index contributed by atoms with van der Waals surface area (Å²) in [5.41, 5.74) is 2.22. The van der Waals surface area contributed by atoms with Gasteiger partial charge in [-0.2, -0.15) is 0 Å². The summed E-state index contributed by atoms with van der Waals surface area (Å²) in [6.45, 7) is 24.5. The summed E-state index contributed by atoms with van der Waals surface area (Å²) in [6.07, 6.45) is 1.27. The molecule has 0 aromatic carbocycles. The molecule has 0 bridgehead atoms. The second-order valence-electron chi connectivity index (χ2n) is 7.02. The van der Waals surface area contributed by atoms with E-state index in [0.717, 1.165) is 0 Å². The van der Waals surface area contributed by atoms with Crippen LogP contribution in [0.2, 0.25) is 31.2 Å². The summed E-state index contributed by atoms with van der Waals surface area (Å²) >= 11 is 0. The van der Waals surface area contributed by atoms with E-state index in [4.69, 9.17) is 0 Å². The van der Waals surface area contributed by atoms with E-state index < -0.39 is 16.3 Å². The predicted octanol–water partition coefficient (Wildman–Crippen LogP) is 4.29. The van der Waals surface area contributed by atoms with Gasteiger partial charge in [0.15, 0.2) is 0 Å². The first-order valence-corrected chi connectivity index (χ1v) is 12.6. The van der Waals surface area contributed by atoms with Crippen molar-refractivity contribution in [2.75, 3.05) is 12.7 Å². The van der Waals surface area contributed by atoms with Crippen LogP contribution in [0.4, 0.5) is 0 Å². The van der Waals surface area contributed by atoms with Gasteiger partial charge in [-0.05, 0) is 17.8 Å². The SMILES string of the molecule is C=C[Si](C)(C)CN(CC)[Si](C)(C)C(C)(C)C. The molecule has 16 heavy (non-hydrogen) atoms. The van der Waals surface area contributed by atoms with Gasteiger partial charge in [0.05, 0.1) is 8.07 Å². The largest absolute Gasteiger partial charge is 0.326 e. The first-order chi connectivity index (χ1) is 6.98. The number of nitrogens with zero attached hydrogens (tertiary/aromatic N) is 1. The molecule has 0 fully saturated rings. The molecule has 3 heteroatoms. The second-order valence-corrected chi connectivity index (χ2v) is 17.0. The predicted molar refractivity (Wildman–Crippen MR) is 82.1 cm³/mol. The first kappa shape index (κ1) is 16.1. The van der Waals surface area contributed by atoms with Gasteiger partial charge < -0.3 is 4.57 Å². The third kappa shape index (κ3) is 3.86. The molecule has 0 N–H and O–H groups in total. The average molecular weight is 258 g/mol. The lowest BCUT2D eigenvalue weighted by molar-refractivity contribution is 0.467. The Bertz CT molecular complexity index is 239. The molecule has 0 heterocycles. The lowest BCUT2D eigenvalue weighted by atomic mass is 10.2. The van der Waals surface area contributed by atoms with E-state index in [1.54, 1.807) is 0 Å². The van der Waals surface area contributed by atoms with E-state index in [1.807, 2.05) is 0 Å². The fourth-order valence-electron chi connectivity index (χ4n) is 1.74. The Morgan fingerprint density at radius 2 is 1.56 bits per heavy atom. The van der Waals surface area contributed by atoms with Crippen LogP contribution in [0.5, 0.6) is 0 Å². The van der Waals surface area contributed by atoms with Gasteiger partial charge in [-0.1, -0.05) is 53.9 Å². The van der Waals surface area contributed by atoms with E-state index in [0.29, 0.717) is 5.04 Å². The summed E-state index contributed by atoms with van der Waals surface area (Å²) < 4.78 is 2.76. The Balaban J connectivity index is 4.94. The van der Waals surface area contributed by atoms with Gasteiger partial charge in [0.25, 0.3) is 0 Å². The summed E-state index contributed by atoms with van der Waals surface area (Å²) in [5, 5.41) is 0.439. The molecule has 0 atom stereocenters. The highest BCUT2D eigenvalue weighted by molar-refractivity contribution is 6.85. The van der Waals surface area contributed by atoms with E-state index in [9.17, 15) is 0 Å². The van der Waals surface area contributed by atoms with Crippen LogP contribution in [0.25, 0.3) is 0 Å². The van der Waals surface area contributed by atoms with E-state index in [-0.39, 0.29) is 0 Å². The molecule has 0 aliphatic carbocycles. The van der Waals surface area contributed by atoms with Crippen LogP contribution in [0.3, 0.4) is 0 Å². The maximum Gasteiger partial charge on any atom is 0.127 e. The highest BCUT2D eigenvalue weighted by atomic mass is 28.3. The minimum Gasteiger partial charge on any atom is -0.326 e. The molecule has 0 rings (SSSR count). The fraction of sp³-hybridized carbons (Fsp3) is 0.846. The molecule has 0 unspecified atom stereocenters. The highest BCUT2D eigenvalue weighted by Crippen LogP contribution is 2.38. The molecule has 0 amide bonds. The number of rotatable bonds is 5. The monoisotopic (exact) mass is 257 g/mol. The molecule has 0 aliphatic rings. The molecular weight excluding hydrogens is 226 g/mol. The molecular formula is C13H31NSi2. The van der Waals surface area contributed by atoms with Gasteiger partial charge >= 0.3 is 0 Å². The van der Waals surface area contributed by atoms with Gasteiger partial charge in [0.2, 0.25) is 0 Å². The van der Waals surface area contributed by atoms with Crippen molar-refractivity contribution in [3.05, 3.63) is 12.3 Å². The van der Waals surface area contributed by atoms with Crippen molar-refractivity contribution in [1.29, 1.82) is 0 Å². The van der Waals surface area contributed by atoms with E-state index >= 15 is 0 Å². The lowest BCUT2D eigenvalue weighted by Gasteiger charge is -2.47. The Labute approximate surface area is 105 Å². The Hall–Kier alpha value is 0.134. The molecule has 96 valence electrons. The van der Waals surface area contributed by atoms with Crippen molar-refractivity contribution < 1.29 is 0 Å². The van der Waals surface area contributed by atoms with Crippen LogP contribution in [0.15, 0.2) is 12.3 Å². The zero-order valence-corrected chi connectivity index (χ0v) is 14.6. The van der Waals surface area contributed by atoms with Crippen molar-refractivity contribution in [2.45, 2.75) is 58.9 Å². The standard InChI is InChI=1S/C13H31NSi2/c1-10-14(12-15(6,7)11-2)16(8,9)13(3,4)5/h11H,2,10,12H2,1,3-9H3. The highest BCUT2D eigenvalue weighted by Gasteiger charge is 2.41. The van der Waals surface area contributed by atoms with Crippen LogP contribution >= 0.6 is 0 Å². The van der Waals surface area contributed by atoms with Gasteiger partial charge in [0, 0.05) is 0 Å². The third-order valence-corrected chi connectivity index (χ3v) is 12.5. The maximum atomic E-state index is 4.01. The first-order valence-electron chi connectivity index (χ1n) is 6.36. The van der Waals surface area contributed by atoms with Crippen molar-refractivity contribution >= 4 is 16.3 Å². The Morgan fingerprint density at radius 1 is 1.12 bits per heavy atom. The fourth-order valence-corrected chi connectivity index (χ4v) is 7.62. The van der Waals surface area contributed by atoms with Crippen LogP contribution in [0.1, 0.15) is 27.7 Å². The minimum atomic E-state index is -1.34. The lowest BCUT2D eigenvalue weighted by Crippen LogP contribution is -2.59. The van der Waals surface area contributed by atoms with Gasteiger partial charge in [0.1, 0.15) is 8.24 Å². The third-order valence-electron chi connectivity index (χ3n) is 4.16. The molecule has 0 aromatic heterocycles. The van der Waals surface area contributed by atoms with E-state index in [2.05, 4.69) is 70.7 Å². The number of hydrogen-bond donors (Lipinski definition) is 0. The average Bonchev–Trinajstić information content (AvgIpc) is 2.12. The van der Waals surface area contributed by atoms with Gasteiger partial charge in [-0.25, -0.2) is 0 Å². The molecule has 0 aliphatic heterocycles. The van der Waals surface area contributed by atoms with Crippen LogP contribution < -0.4 is 0 Å². The van der Waals surface area contributed by atoms with E-state index in [1.165, 1.54) is 12.7 Å². The zero-order valence-electron chi connectivity index (χ0n) is 12.6. The van der Waals surface area contributed by atoms with Crippen molar-refractivity contribution in [3.8, 4) is 0 Å². The van der Waals surface area contributed by atoms with Gasteiger partial charge in [-0.3, -0.25) is 0 Å². The summed E-state index contributed by atoms with van der Waals surface area (Å²) in [6, 6.07) is 0. The van der Waals surface area contributed by atoms with Crippen LogP contribution in [-0.2, 0) is 0 Å².